The summed E-state index contributed by atoms with van der Waals surface area (Å²) in [5, 5.41) is 8.92. The molecule has 114 valence electrons. The molecule has 1 aromatic carbocycles. The van der Waals surface area contributed by atoms with E-state index in [0.29, 0.717) is 18.7 Å². The van der Waals surface area contributed by atoms with Gasteiger partial charge in [0.25, 0.3) is 0 Å². The van der Waals surface area contributed by atoms with Crippen LogP contribution in [-0.2, 0) is 10.0 Å². The number of aliphatic hydroxyl groups is 1. The number of sulfonamides is 1. The van der Waals surface area contributed by atoms with Crippen molar-refractivity contribution in [2.75, 3.05) is 18.9 Å². The molecule has 1 unspecified atom stereocenters. The Morgan fingerprint density at radius 2 is 2.00 bits per heavy atom. The van der Waals surface area contributed by atoms with Gasteiger partial charge in [-0.05, 0) is 55.9 Å². The van der Waals surface area contributed by atoms with E-state index in [2.05, 4.69) is 4.72 Å². The van der Waals surface area contributed by atoms with E-state index in [9.17, 15) is 8.42 Å². The van der Waals surface area contributed by atoms with E-state index in [0.717, 1.165) is 17.5 Å². The monoisotopic (exact) mass is 300 g/mol. The van der Waals surface area contributed by atoms with Crippen LogP contribution in [-0.4, -0.2) is 26.7 Å². The molecular formula is C14H24N2O3S. The molecule has 0 aromatic heterocycles. The largest absolute Gasteiger partial charge is 0.399 e. The van der Waals surface area contributed by atoms with E-state index in [1.807, 2.05) is 13.8 Å². The molecule has 5 nitrogen and oxygen atoms in total. The fraction of sp³-hybridized carbons (Fsp3) is 0.571. The first-order valence-corrected chi connectivity index (χ1v) is 8.23. The van der Waals surface area contributed by atoms with Gasteiger partial charge in [-0.15, -0.1) is 0 Å². The van der Waals surface area contributed by atoms with Crippen molar-refractivity contribution in [1.82, 2.24) is 4.72 Å². The maximum absolute atomic E-state index is 12.3. The second kappa shape index (κ2) is 7.06. The van der Waals surface area contributed by atoms with Crippen LogP contribution >= 0.6 is 0 Å². The van der Waals surface area contributed by atoms with Crippen LogP contribution in [0.3, 0.4) is 0 Å². The molecule has 1 aromatic rings. The lowest BCUT2D eigenvalue weighted by Crippen LogP contribution is -2.26. The number of anilines is 1. The van der Waals surface area contributed by atoms with Crippen LogP contribution < -0.4 is 10.5 Å². The lowest BCUT2D eigenvalue weighted by Gasteiger charge is -2.13. The molecule has 0 aliphatic carbocycles. The van der Waals surface area contributed by atoms with Gasteiger partial charge in [-0.25, -0.2) is 13.1 Å². The number of nitrogens with one attached hydrogen (secondary N) is 1. The molecule has 0 bridgehead atoms. The maximum atomic E-state index is 12.3. The van der Waals surface area contributed by atoms with Crippen molar-refractivity contribution < 1.29 is 13.5 Å². The second-order valence-corrected chi connectivity index (χ2v) is 7.02. The van der Waals surface area contributed by atoms with Crippen molar-refractivity contribution in [3.8, 4) is 0 Å². The number of rotatable bonds is 7. The second-order valence-electron chi connectivity index (χ2n) is 5.29. The summed E-state index contributed by atoms with van der Waals surface area (Å²) in [6.45, 7) is 6.03. The van der Waals surface area contributed by atoms with Gasteiger partial charge in [0, 0.05) is 18.8 Å². The Labute approximate surface area is 121 Å². The number of aryl methyl sites for hydroxylation is 1. The van der Waals surface area contributed by atoms with Crippen LogP contribution in [0.25, 0.3) is 0 Å². The number of nitrogen functional groups attached to an aromatic ring is 1. The molecule has 0 fully saturated rings. The molecule has 0 radical (unpaired) electrons. The molecular weight excluding hydrogens is 276 g/mol. The normalized spacial score (nSPS) is 13.4. The Morgan fingerprint density at radius 1 is 1.35 bits per heavy atom. The van der Waals surface area contributed by atoms with Gasteiger partial charge in [0.05, 0.1) is 4.90 Å². The van der Waals surface area contributed by atoms with Gasteiger partial charge in [0.2, 0.25) is 10.0 Å². The Kier molecular flexibility index (Phi) is 5.98. The van der Waals surface area contributed by atoms with E-state index in [1.54, 1.807) is 13.0 Å². The number of aliphatic hydroxyl groups excluding tert-OH is 1. The molecule has 6 heteroatoms. The van der Waals surface area contributed by atoms with Gasteiger partial charge in [0.15, 0.2) is 0 Å². The van der Waals surface area contributed by atoms with Gasteiger partial charge in [-0.3, -0.25) is 0 Å². The minimum Gasteiger partial charge on any atom is -0.399 e. The highest BCUT2D eigenvalue weighted by molar-refractivity contribution is 7.89. The van der Waals surface area contributed by atoms with Crippen molar-refractivity contribution >= 4 is 15.7 Å². The quantitative estimate of drug-likeness (QED) is 0.526. The molecule has 20 heavy (non-hydrogen) atoms. The van der Waals surface area contributed by atoms with Crippen LogP contribution in [0.2, 0.25) is 0 Å². The van der Waals surface area contributed by atoms with Gasteiger partial charge in [-0.1, -0.05) is 6.92 Å². The standard InChI is InChI=1S/C14H24N2O3S/c1-10(9-17)5-4-6-16-20(18,19)14-8-13(15)7-11(2)12(14)3/h7-8,10,16-17H,4-6,9,15H2,1-3H3. The predicted octanol–water partition coefficient (Wildman–Crippen LogP) is 1.57. The Balaban J connectivity index is 2.75. The first-order valence-electron chi connectivity index (χ1n) is 6.75. The van der Waals surface area contributed by atoms with Crippen molar-refractivity contribution in [1.29, 1.82) is 0 Å². The van der Waals surface area contributed by atoms with Crippen LogP contribution in [0.1, 0.15) is 30.9 Å². The first kappa shape index (κ1) is 16.9. The van der Waals surface area contributed by atoms with Gasteiger partial charge in [0.1, 0.15) is 0 Å². The van der Waals surface area contributed by atoms with Crippen molar-refractivity contribution in [3.05, 3.63) is 23.3 Å². The summed E-state index contributed by atoms with van der Waals surface area (Å²) in [7, 11) is -3.53. The summed E-state index contributed by atoms with van der Waals surface area (Å²) in [4.78, 5) is 0.241. The van der Waals surface area contributed by atoms with E-state index < -0.39 is 10.0 Å². The fourth-order valence-electron chi connectivity index (χ4n) is 1.96. The highest BCUT2D eigenvalue weighted by atomic mass is 32.2. The first-order chi connectivity index (χ1) is 9.27. The molecule has 1 rings (SSSR count). The lowest BCUT2D eigenvalue weighted by atomic mass is 10.1. The summed E-state index contributed by atoms with van der Waals surface area (Å²) < 4.78 is 27.1. The third-order valence-electron chi connectivity index (χ3n) is 3.41. The SMILES string of the molecule is Cc1cc(N)cc(S(=O)(=O)NCCCC(C)CO)c1C. The van der Waals surface area contributed by atoms with Crippen molar-refractivity contribution in [2.45, 2.75) is 38.5 Å². The average molecular weight is 300 g/mol. The molecule has 1 atom stereocenters. The number of benzene rings is 1. The number of hydrogen-bond acceptors (Lipinski definition) is 4. The fourth-order valence-corrected chi connectivity index (χ4v) is 3.38. The average Bonchev–Trinajstić information content (AvgIpc) is 2.38. The molecule has 0 aliphatic heterocycles. The lowest BCUT2D eigenvalue weighted by molar-refractivity contribution is 0.228. The summed E-state index contributed by atoms with van der Waals surface area (Å²) in [5.41, 5.74) is 7.74. The van der Waals surface area contributed by atoms with Gasteiger partial charge >= 0.3 is 0 Å². The summed E-state index contributed by atoms with van der Waals surface area (Å²) in [5.74, 6) is 0.191. The zero-order valence-corrected chi connectivity index (χ0v) is 13.1. The Hall–Kier alpha value is -1.11. The third kappa shape index (κ3) is 4.47. The van der Waals surface area contributed by atoms with E-state index in [-0.39, 0.29) is 17.4 Å². The molecule has 0 amide bonds. The van der Waals surface area contributed by atoms with Crippen molar-refractivity contribution in [3.63, 3.8) is 0 Å². The van der Waals surface area contributed by atoms with Crippen LogP contribution in [0.4, 0.5) is 5.69 Å². The molecule has 0 heterocycles. The summed E-state index contributed by atoms with van der Waals surface area (Å²) in [6.07, 6.45) is 1.48. The molecule has 0 aliphatic rings. The molecule has 0 spiro atoms. The predicted molar refractivity (Wildman–Crippen MR) is 81.0 cm³/mol. The number of hydrogen-bond donors (Lipinski definition) is 3. The summed E-state index contributed by atoms with van der Waals surface area (Å²) in [6, 6.07) is 3.25. The van der Waals surface area contributed by atoms with E-state index >= 15 is 0 Å². The third-order valence-corrected chi connectivity index (χ3v) is 5.00. The Bertz CT molecular complexity index is 556. The zero-order valence-electron chi connectivity index (χ0n) is 12.3. The van der Waals surface area contributed by atoms with Gasteiger partial charge < -0.3 is 10.8 Å². The number of nitrogens with two attached hydrogens (primary N) is 1. The van der Waals surface area contributed by atoms with Crippen LogP contribution in [0, 0.1) is 19.8 Å². The molecule has 4 N–H and O–H groups in total. The summed E-state index contributed by atoms with van der Waals surface area (Å²) >= 11 is 0. The topological polar surface area (TPSA) is 92.4 Å². The minimum absolute atomic E-state index is 0.125. The highest BCUT2D eigenvalue weighted by Crippen LogP contribution is 2.22. The van der Waals surface area contributed by atoms with E-state index in [1.165, 1.54) is 6.07 Å². The molecule has 0 saturated heterocycles. The zero-order chi connectivity index (χ0) is 15.3. The van der Waals surface area contributed by atoms with Crippen LogP contribution in [0.15, 0.2) is 17.0 Å². The van der Waals surface area contributed by atoms with Gasteiger partial charge in [-0.2, -0.15) is 0 Å². The van der Waals surface area contributed by atoms with E-state index in [4.69, 9.17) is 10.8 Å². The minimum atomic E-state index is -3.53. The smallest absolute Gasteiger partial charge is 0.240 e. The van der Waals surface area contributed by atoms with Crippen LogP contribution in [0.5, 0.6) is 0 Å². The van der Waals surface area contributed by atoms with Crippen molar-refractivity contribution in [2.24, 2.45) is 5.92 Å². The maximum Gasteiger partial charge on any atom is 0.240 e. The molecule has 0 saturated carbocycles. The highest BCUT2D eigenvalue weighted by Gasteiger charge is 2.18. The Morgan fingerprint density at radius 3 is 2.60 bits per heavy atom.